The quantitative estimate of drug-likeness (QED) is 0.798. The number of nitrogens with one attached hydrogen (secondary N) is 2. The molecule has 0 spiro atoms. The second-order valence-corrected chi connectivity index (χ2v) is 5.05. The molecule has 22 heavy (non-hydrogen) atoms. The lowest BCUT2D eigenvalue weighted by Crippen LogP contribution is -2.32. The SMILES string of the molecule is CCc1cccc(OCCNC(=O)Nc2ccccc2C)c1. The van der Waals surface area contributed by atoms with Crippen LogP contribution in [0.4, 0.5) is 10.5 Å². The van der Waals surface area contributed by atoms with Gasteiger partial charge in [-0.15, -0.1) is 0 Å². The molecule has 0 radical (unpaired) electrons. The van der Waals surface area contributed by atoms with Crippen molar-refractivity contribution in [3.8, 4) is 5.75 Å². The number of carbonyl (C=O) groups is 1. The first-order valence-electron chi connectivity index (χ1n) is 7.51. The molecule has 2 rings (SSSR count). The lowest BCUT2D eigenvalue weighted by molar-refractivity contribution is 0.247. The van der Waals surface area contributed by atoms with Gasteiger partial charge in [0.25, 0.3) is 0 Å². The maximum absolute atomic E-state index is 11.8. The Hall–Kier alpha value is -2.49. The molecule has 0 aromatic heterocycles. The van der Waals surface area contributed by atoms with E-state index in [4.69, 9.17) is 4.74 Å². The van der Waals surface area contributed by atoms with E-state index < -0.39 is 0 Å². The zero-order valence-electron chi connectivity index (χ0n) is 13.1. The van der Waals surface area contributed by atoms with Gasteiger partial charge in [0.1, 0.15) is 12.4 Å². The topological polar surface area (TPSA) is 50.4 Å². The Morgan fingerprint density at radius 2 is 1.95 bits per heavy atom. The van der Waals surface area contributed by atoms with Crippen molar-refractivity contribution in [1.29, 1.82) is 0 Å². The predicted octanol–water partition coefficient (Wildman–Crippen LogP) is 3.76. The molecule has 0 aliphatic heterocycles. The highest BCUT2D eigenvalue weighted by Crippen LogP contribution is 2.14. The number of aryl methyl sites for hydroxylation is 2. The fourth-order valence-electron chi connectivity index (χ4n) is 2.07. The third kappa shape index (κ3) is 4.81. The Balaban J connectivity index is 1.72. The van der Waals surface area contributed by atoms with E-state index in [-0.39, 0.29) is 6.03 Å². The van der Waals surface area contributed by atoms with Crippen molar-refractivity contribution < 1.29 is 9.53 Å². The molecular formula is C18H22N2O2. The van der Waals surface area contributed by atoms with Gasteiger partial charge in [-0.25, -0.2) is 4.79 Å². The van der Waals surface area contributed by atoms with Gasteiger partial charge in [-0.1, -0.05) is 37.3 Å². The molecule has 0 unspecified atom stereocenters. The third-order valence-corrected chi connectivity index (χ3v) is 3.36. The van der Waals surface area contributed by atoms with Crippen LogP contribution in [0.25, 0.3) is 0 Å². The lowest BCUT2D eigenvalue weighted by atomic mass is 10.2. The molecule has 0 saturated carbocycles. The van der Waals surface area contributed by atoms with Crippen LogP contribution in [0, 0.1) is 6.92 Å². The normalized spacial score (nSPS) is 10.1. The van der Waals surface area contributed by atoms with Gasteiger partial charge >= 0.3 is 6.03 Å². The minimum atomic E-state index is -0.222. The smallest absolute Gasteiger partial charge is 0.319 e. The number of rotatable bonds is 6. The molecule has 2 amide bonds. The van der Waals surface area contributed by atoms with Crippen molar-refractivity contribution in [2.45, 2.75) is 20.3 Å². The zero-order chi connectivity index (χ0) is 15.8. The average Bonchev–Trinajstić information content (AvgIpc) is 2.54. The van der Waals surface area contributed by atoms with Crippen molar-refractivity contribution in [3.05, 3.63) is 59.7 Å². The predicted molar refractivity (Wildman–Crippen MR) is 89.5 cm³/mol. The van der Waals surface area contributed by atoms with Gasteiger partial charge in [0.05, 0.1) is 6.54 Å². The summed E-state index contributed by atoms with van der Waals surface area (Å²) in [4.78, 5) is 11.8. The Bertz CT molecular complexity index is 626. The molecular weight excluding hydrogens is 276 g/mol. The van der Waals surface area contributed by atoms with E-state index in [2.05, 4.69) is 23.6 Å². The summed E-state index contributed by atoms with van der Waals surface area (Å²) >= 11 is 0. The summed E-state index contributed by atoms with van der Waals surface area (Å²) in [6.45, 7) is 4.96. The monoisotopic (exact) mass is 298 g/mol. The third-order valence-electron chi connectivity index (χ3n) is 3.36. The van der Waals surface area contributed by atoms with Crippen LogP contribution in [0.3, 0.4) is 0 Å². The minimum Gasteiger partial charge on any atom is -0.492 e. The van der Waals surface area contributed by atoms with E-state index in [1.807, 2.05) is 49.4 Å². The van der Waals surface area contributed by atoms with Crippen LogP contribution in [-0.2, 0) is 6.42 Å². The summed E-state index contributed by atoms with van der Waals surface area (Å²) in [7, 11) is 0. The number of hydrogen-bond donors (Lipinski definition) is 2. The molecule has 0 atom stereocenters. The van der Waals surface area contributed by atoms with Gasteiger partial charge in [-0.3, -0.25) is 0 Å². The second-order valence-electron chi connectivity index (χ2n) is 5.05. The van der Waals surface area contributed by atoms with Gasteiger partial charge < -0.3 is 15.4 Å². The molecule has 4 heteroatoms. The Morgan fingerprint density at radius 1 is 1.14 bits per heavy atom. The van der Waals surface area contributed by atoms with Crippen molar-refractivity contribution in [1.82, 2.24) is 5.32 Å². The van der Waals surface area contributed by atoms with Crippen LogP contribution in [0.2, 0.25) is 0 Å². The van der Waals surface area contributed by atoms with E-state index in [1.165, 1.54) is 5.56 Å². The number of anilines is 1. The Morgan fingerprint density at radius 3 is 2.73 bits per heavy atom. The highest BCUT2D eigenvalue weighted by Gasteiger charge is 2.03. The second kappa shape index (κ2) is 8.08. The fourth-order valence-corrected chi connectivity index (χ4v) is 2.07. The number of urea groups is 1. The van der Waals surface area contributed by atoms with Gasteiger partial charge in [0.15, 0.2) is 0 Å². The van der Waals surface area contributed by atoms with Crippen LogP contribution in [0.5, 0.6) is 5.75 Å². The van der Waals surface area contributed by atoms with E-state index in [0.29, 0.717) is 13.2 Å². The summed E-state index contributed by atoms with van der Waals surface area (Å²) in [5.41, 5.74) is 3.09. The maximum Gasteiger partial charge on any atom is 0.319 e. The molecule has 0 aliphatic carbocycles. The van der Waals surface area contributed by atoms with Crippen LogP contribution < -0.4 is 15.4 Å². The van der Waals surface area contributed by atoms with E-state index in [1.54, 1.807) is 0 Å². The molecule has 2 N–H and O–H groups in total. The summed E-state index contributed by atoms with van der Waals surface area (Å²) in [5, 5.41) is 5.60. The van der Waals surface area contributed by atoms with Gasteiger partial charge in [-0.2, -0.15) is 0 Å². The Labute approximate surface area is 131 Å². The maximum atomic E-state index is 11.8. The number of amides is 2. The molecule has 0 fully saturated rings. The molecule has 2 aromatic rings. The van der Waals surface area contributed by atoms with Crippen LogP contribution in [0.1, 0.15) is 18.1 Å². The van der Waals surface area contributed by atoms with E-state index >= 15 is 0 Å². The molecule has 2 aromatic carbocycles. The van der Waals surface area contributed by atoms with Crippen LogP contribution in [-0.4, -0.2) is 19.2 Å². The standard InChI is InChI=1S/C18H22N2O2/c1-3-15-8-6-9-16(13-15)22-12-11-19-18(21)20-17-10-5-4-7-14(17)2/h4-10,13H,3,11-12H2,1-2H3,(H2,19,20,21). The summed E-state index contributed by atoms with van der Waals surface area (Å²) in [6.07, 6.45) is 0.980. The molecule has 116 valence electrons. The Kier molecular flexibility index (Phi) is 5.83. The van der Waals surface area contributed by atoms with Crippen LogP contribution in [0.15, 0.2) is 48.5 Å². The first-order valence-corrected chi connectivity index (χ1v) is 7.51. The fraction of sp³-hybridized carbons (Fsp3) is 0.278. The minimum absolute atomic E-state index is 0.222. The summed E-state index contributed by atoms with van der Waals surface area (Å²) < 4.78 is 5.63. The number of benzene rings is 2. The number of ether oxygens (including phenoxy) is 1. The van der Waals surface area contributed by atoms with E-state index in [9.17, 15) is 4.79 Å². The highest BCUT2D eigenvalue weighted by atomic mass is 16.5. The first kappa shape index (κ1) is 15.9. The number of carbonyl (C=O) groups excluding carboxylic acids is 1. The van der Waals surface area contributed by atoms with E-state index in [0.717, 1.165) is 23.4 Å². The molecule has 0 saturated heterocycles. The molecule has 0 heterocycles. The average molecular weight is 298 g/mol. The summed E-state index contributed by atoms with van der Waals surface area (Å²) in [6, 6.07) is 15.4. The highest BCUT2D eigenvalue weighted by molar-refractivity contribution is 5.89. The molecule has 0 aliphatic rings. The van der Waals surface area contributed by atoms with Gasteiger partial charge in [0, 0.05) is 5.69 Å². The zero-order valence-corrected chi connectivity index (χ0v) is 13.1. The lowest BCUT2D eigenvalue weighted by Gasteiger charge is -2.11. The number of para-hydroxylation sites is 1. The van der Waals surface area contributed by atoms with Crippen molar-refractivity contribution in [2.24, 2.45) is 0 Å². The van der Waals surface area contributed by atoms with Crippen molar-refractivity contribution >= 4 is 11.7 Å². The van der Waals surface area contributed by atoms with Crippen LogP contribution >= 0.6 is 0 Å². The molecule has 0 bridgehead atoms. The van der Waals surface area contributed by atoms with Gasteiger partial charge in [0.2, 0.25) is 0 Å². The van der Waals surface area contributed by atoms with Crippen molar-refractivity contribution in [2.75, 3.05) is 18.5 Å². The number of hydrogen-bond acceptors (Lipinski definition) is 2. The first-order chi connectivity index (χ1) is 10.7. The van der Waals surface area contributed by atoms with Crippen molar-refractivity contribution in [3.63, 3.8) is 0 Å². The largest absolute Gasteiger partial charge is 0.492 e. The molecule has 4 nitrogen and oxygen atoms in total. The van der Waals surface area contributed by atoms with Gasteiger partial charge in [-0.05, 0) is 42.7 Å². The summed E-state index contributed by atoms with van der Waals surface area (Å²) in [5.74, 6) is 0.834.